The molecule has 15 heavy (non-hydrogen) atoms. The molecule has 0 heterocycles. The van der Waals surface area contributed by atoms with Crippen molar-refractivity contribution in [3.05, 3.63) is 0 Å². The predicted octanol–water partition coefficient (Wildman–Crippen LogP) is 4.46. The maximum atomic E-state index is 4.48. The predicted molar refractivity (Wildman–Crippen MR) is 68.6 cm³/mol. The molecule has 1 unspecified atom stereocenters. The zero-order valence-corrected chi connectivity index (χ0v) is 10.8. The first-order valence-corrected chi connectivity index (χ1v) is 6.75. The standard InChI is InChI=1S/C14H27N/c1-4-15-13(3)12(2)8-6-5-7-9-14-10-11-14/h12,14H,4-11H2,1-3H3/b15-13-. The lowest BCUT2D eigenvalue weighted by atomic mass is 9.98. The summed E-state index contributed by atoms with van der Waals surface area (Å²) in [7, 11) is 0. The molecule has 1 nitrogen and oxygen atoms in total. The minimum Gasteiger partial charge on any atom is -0.294 e. The molecule has 1 aliphatic rings. The van der Waals surface area contributed by atoms with Crippen LogP contribution in [-0.2, 0) is 0 Å². The third-order valence-electron chi connectivity index (χ3n) is 3.57. The molecule has 1 saturated carbocycles. The van der Waals surface area contributed by atoms with E-state index in [9.17, 15) is 0 Å². The van der Waals surface area contributed by atoms with Gasteiger partial charge in [-0.1, -0.05) is 45.4 Å². The van der Waals surface area contributed by atoms with Crippen molar-refractivity contribution in [3.63, 3.8) is 0 Å². The highest BCUT2D eigenvalue weighted by Gasteiger charge is 2.19. The zero-order chi connectivity index (χ0) is 11.1. The summed E-state index contributed by atoms with van der Waals surface area (Å²) < 4.78 is 0. The monoisotopic (exact) mass is 209 g/mol. The van der Waals surface area contributed by atoms with Gasteiger partial charge in [-0.2, -0.15) is 0 Å². The van der Waals surface area contributed by atoms with Crippen LogP contribution in [0.3, 0.4) is 0 Å². The van der Waals surface area contributed by atoms with E-state index >= 15 is 0 Å². The van der Waals surface area contributed by atoms with Crippen LogP contribution in [0.1, 0.15) is 65.7 Å². The lowest BCUT2D eigenvalue weighted by molar-refractivity contribution is 0.551. The maximum Gasteiger partial charge on any atom is 0.0360 e. The number of rotatable bonds is 8. The fourth-order valence-corrected chi connectivity index (χ4v) is 2.08. The van der Waals surface area contributed by atoms with Crippen molar-refractivity contribution in [2.75, 3.05) is 6.54 Å². The smallest absolute Gasteiger partial charge is 0.0360 e. The molecular weight excluding hydrogens is 182 g/mol. The Morgan fingerprint density at radius 2 is 2.00 bits per heavy atom. The molecular formula is C14H27N. The van der Waals surface area contributed by atoms with Crippen molar-refractivity contribution >= 4 is 5.71 Å². The van der Waals surface area contributed by atoms with Gasteiger partial charge in [0.05, 0.1) is 0 Å². The summed E-state index contributed by atoms with van der Waals surface area (Å²) in [6.45, 7) is 7.55. The van der Waals surface area contributed by atoms with Gasteiger partial charge >= 0.3 is 0 Å². The summed E-state index contributed by atoms with van der Waals surface area (Å²) in [5.41, 5.74) is 1.35. The van der Waals surface area contributed by atoms with E-state index in [1.54, 1.807) is 0 Å². The first kappa shape index (κ1) is 12.7. The largest absolute Gasteiger partial charge is 0.294 e. The van der Waals surface area contributed by atoms with Crippen LogP contribution in [0.15, 0.2) is 4.99 Å². The molecule has 0 aliphatic heterocycles. The Labute approximate surface area is 95.4 Å². The van der Waals surface area contributed by atoms with E-state index in [1.807, 2.05) is 0 Å². The molecule has 1 rings (SSSR count). The van der Waals surface area contributed by atoms with Gasteiger partial charge in [0, 0.05) is 12.3 Å². The SMILES string of the molecule is CC/N=C(/C)C(C)CCCCCC1CC1. The minimum absolute atomic E-state index is 0.700. The lowest BCUT2D eigenvalue weighted by Crippen LogP contribution is -2.07. The van der Waals surface area contributed by atoms with Crippen LogP contribution in [0, 0.1) is 11.8 Å². The number of hydrogen-bond acceptors (Lipinski definition) is 1. The van der Waals surface area contributed by atoms with E-state index in [4.69, 9.17) is 0 Å². The van der Waals surface area contributed by atoms with Crippen LogP contribution in [-0.4, -0.2) is 12.3 Å². The second-order valence-electron chi connectivity index (χ2n) is 5.10. The molecule has 1 atom stereocenters. The second-order valence-corrected chi connectivity index (χ2v) is 5.10. The van der Waals surface area contributed by atoms with Gasteiger partial charge in [0.2, 0.25) is 0 Å². The third-order valence-corrected chi connectivity index (χ3v) is 3.57. The highest BCUT2D eigenvalue weighted by Crippen LogP contribution is 2.34. The number of hydrogen-bond donors (Lipinski definition) is 0. The van der Waals surface area contributed by atoms with Crippen molar-refractivity contribution in [1.29, 1.82) is 0 Å². The van der Waals surface area contributed by atoms with E-state index in [-0.39, 0.29) is 0 Å². The Hall–Kier alpha value is -0.330. The molecule has 1 fully saturated rings. The molecule has 88 valence electrons. The minimum atomic E-state index is 0.700. The Bertz CT molecular complexity index is 192. The van der Waals surface area contributed by atoms with Gasteiger partial charge < -0.3 is 0 Å². The third kappa shape index (κ3) is 5.96. The first-order chi connectivity index (χ1) is 7.24. The quantitative estimate of drug-likeness (QED) is 0.413. The molecule has 0 radical (unpaired) electrons. The average Bonchev–Trinajstić information content (AvgIpc) is 3.01. The van der Waals surface area contributed by atoms with Crippen LogP contribution < -0.4 is 0 Å². The van der Waals surface area contributed by atoms with Gasteiger partial charge in [-0.15, -0.1) is 0 Å². The summed E-state index contributed by atoms with van der Waals surface area (Å²) >= 11 is 0. The Morgan fingerprint density at radius 3 is 2.60 bits per heavy atom. The highest BCUT2D eigenvalue weighted by atomic mass is 14.7. The molecule has 1 aliphatic carbocycles. The van der Waals surface area contributed by atoms with Gasteiger partial charge in [-0.3, -0.25) is 4.99 Å². The number of unbranched alkanes of at least 4 members (excludes halogenated alkanes) is 2. The van der Waals surface area contributed by atoms with Crippen molar-refractivity contribution in [2.24, 2.45) is 16.8 Å². The molecule has 0 spiro atoms. The molecule has 0 N–H and O–H groups in total. The van der Waals surface area contributed by atoms with Gasteiger partial charge in [-0.25, -0.2) is 0 Å². The number of aliphatic imine (C=N–C) groups is 1. The van der Waals surface area contributed by atoms with E-state index < -0.39 is 0 Å². The molecule has 0 aromatic heterocycles. The summed E-state index contributed by atoms with van der Waals surface area (Å²) in [5.74, 6) is 1.82. The molecule has 0 aromatic carbocycles. The topological polar surface area (TPSA) is 12.4 Å². The van der Waals surface area contributed by atoms with E-state index in [2.05, 4.69) is 25.8 Å². The van der Waals surface area contributed by atoms with Gasteiger partial charge in [-0.05, 0) is 32.1 Å². The Kier molecular flexibility index (Phi) is 5.97. The Morgan fingerprint density at radius 1 is 1.27 bits per heavy atom. The molecule has 0 bridgehead atoms. The van der Waals surface area contributed by atoms with Crippen LogP contribution in [0.2, 0.25) is 0 Å². The van der Waals surface area contributed by atoms with Crippen molar-refractivity contribution < 1.29 is 0 Å². The lowest BCUT2D eigenvalue weighted by Gasteiger charge is -2.10. The van der Waals surface area contributed by atoms with Crippen LogP contribution in [0.4, 0.5) is 0 Å². The summed E-state index contributed by atoms with van der Waals surface area (Å²) in [5, 5.41) is 0. The first-order valence-electron chi connectivity index (χ1n) is 6.75. The maximum absolute atomic E-state index is 4.48. The summed E-state index contributed by atoms with van der Waals surface area (Å²) in [6, 6.07) is 0. The average molecular weight is 209 g/mol. The summed E-state index contributed by atoms with van der Waals surface area (Å²) in [4.78, 5) is 4.48. The van der Waals surface area contributed by atoms with Gasteiger partial charge in [0.1, 0.15) is 0 Å². The van der Waals surface area contributed by atoms with E-state index in [1.165, 1.54) is 50.7 Å². The van der Waals surface area contributed by atoms with Gasteiger partial charge in [0.15, 0.2) is 0 Å². The van der Waals surface area contributed by atoms with Crippen molar-refractivity contribution in [2.45, 2.75) is 65.7 Å². The van der Waals surface area contributed by atoms with Crippen LogP contribution in [0.25, 0.3) is 0 Å². The second kappa shape index (κ2) is 7.03. The molecule has 0 saturated heterocycles. The van der Waals surface area contributed by atoms with Gasteiger partial charge in [0.25, 0.3) is 0 Å². The van der Waals surface area contributed by atoms with Crippen LogP contribution in [0.5, 0.6) is 0 Å². The van der Waals surface area contributed by atoms with E-state index in [0.717, 1.165) is 12.5 Å². The number of nitrogens with zero attached hydrogens (tertiary/aromatic N) is 1. The molecule has 0 amide bonds. The highest BCUT2D eigenvalue weighted by molar-refractivity contribution is 5.83. The fraction of sp³-hybridized carbons (Fsp3) is 0.929. The zero-order valence-electron chi connectivity index (χ0n) is 10.8. The molecule has 1 heteroatoms. The van der Waals surface area contributed by atoms with Crippen molar-refractivity contribution in [1.82, 2.24) is 0 Å². The van der Waals surface area contributed by atoms with Crippen LogP contribution >= 0.6 is 0 Å². The molecule has 0 aromatic rings. The fourth-order valence-electron chi connectivity index (χ4n) is 2.08. The Balaban J connectivity index is 1.95. The van der Waals surface area contributed by atoms with E-state index in [0.29, 0.717) is 5.92 Å². The normalized spacial score (nSPS) is 19.3. The van der Waals surface area contributed by atoms with Crippen molar-refractivity contribution in [3.8, 4) is 0 Å². The summed E-state index contributed by atoms with van der Waals surface area (Å²) in [6.07, 6.45) is 10.1.